The average molecular weight is 452 g/mol. The maximum atomic E-state index is 12.4. The van der Waals surface area contributed by atoms with Crippen LogP contribution >= 0.6 is 33.9 Å². The molecule has 0 spiro atoms. The SMILES string of the molecule is CCCCOc1ccc2nc(NC(=O)c3ccccc3I)sc2c1. The maximum absolute atomic E-state index is 12.4. The van der Waals surface area contributed by atoms with E-state index in [9.17, 15) is 4.79 Å². The zero-order chi connectivity index (χ0) is 16.9. The van der Waals surface area contributed by atoms with Crippen LogP contribution in [-0.2, 0) is 0 Å². The lowest BCUT2D eigenvalue weighted by molar-refractivity contribution is 0.102. The number of unbranched alkanes of at least 4 members (excludes halogenated alkanes) is 1. The monoisotopic (exact) mass is 452 g/mol. The van der Waals surface area contributed by atoms with Crippen LogP contribution in [0.1, 0.15) is 30.1 Å². The number of thiazole rings is 1. The molecule has 24 heavy (non-hydrogen) atoms. The molecule has 0 bridgehead atoms. The second-order valence-corrected chi connectivity index (χ2v) is 7.48. The number of ether oxygens (including phenoxy) is 1. The molecule has 0 radical (unpaired) electrons. The van der Waals surface area contributed by atoms with Crippen molar-refractivity contribution >= 4 is 55.2 Å². The smallest absolute Gasteiger partial charge is 0.258 e. The molecule has 1 N–H and O–H groups in total. The first-order valence-corrected chi connectivity index (χ1v) is 9.66. The topological polar surface area (TPSA) is 51.2 Å². The van der Waals surface area contributed by atoms with Crippen LogP contribution in [0.2, 0.25) is 0 Å². The van der Waals surface area contributed by atoms with Crippen molar-refractivity contribution in [3.8, 4) is 5.75 Å². The maximum Gasteiger partial charge on any atom is 0.258 e. The molecule has 3 aromatic rings. The zero-order valence-electron chi connectivity index (χ0n) is 13.2. The number of carbonyl (C=O) groups excluding carboxylic acids is 1. The zero-order valence-corrected chi connectivity index (χ0v) is 16.2. The van der Waals surface area contributed by atoms with Gasteiger partial charge in [-0.3, -0.25) is 10.1 Å². The Balaban J connectivity index is 1.76. The molecular formula is C18H17IN2O2S. The van der Waals surface area contributed by atoms with E-state index in [1.165, 1.54) is 11.3 Å². The Labute approximate surface area is 158 Å². The van der Waals surface area contributed by atoms with E-state index in [1.54, 1.807) is 0 Å². The predicted octanol–water partition coefficient (Wildman–Crippen LogP) is 5.33. The van der Waals surface area contributed by atoms with Gasteiger partial charge in [-0.1, -0.05) is 36.8 Å². The average Bonchev–Trinajstić information content (AvgIpc) is 2.97. The van der Waals surface area contributed by atoms with E-state index in [1.807, 2.05) is 42.5 Å². The molecule has 124 valence electrons. The van der Waals surface area contributed by atoms with Crippen molar-refractivity contribution < 1.29 is 9.53 Å². The molecule has 6 heteroatoms. The summed E-state index contributed by atoms with van der Waals surface area (Å²) >= 11 is 3.61. The van der Waals surface area contributed by atoms with E-state index in [2.05, 4.69) is 39.8 Å². The van der Waals surface area contributed by atoms with Crippen LogP contribution < -0.4 is 10.1 Å². The fourth-order valence-electron chi connectivity index (χ4n) is 2.19. The Hall–Kier alpha value is -1.67. The van der Waals surface area contributed by atoms with Gasteiger partial charge in [-0.2, -0.15) is 0 Å². The van der Waals surface area contributed by atoms with Gasteiger partial charge in [-0.25, -0.2) is 4.98 Å². The van der Waals surface area contributed by atoms with E-state index >= 15 is 0 Å². The molecule has 0 aliphatic rings. The third kappa shape index (κ3) is 4.05. The molecule has 1 heterocycles. The van der Waals surface area contributed by atoms with Crippen molar-refractivity contribution in [2.75, 3.05) is 11.9 Å². The molecule has 0 saturated heterocycles. The Kier molecular flexibility index (Phi) is 5.68. The number of nitrogens with zero attached hydrogens (tertiary/aromatic N) is 1. The summed E-state index contributed by atoms with van der Waals surface area (Å²) in [6.45, 7) is 2.86. The first kappa shape index (κ1) is 17.2. The second kappa shape index (κ2) is 7.94. The molecule has 1 aromatic heterocycles. The highest BCUT2D eigenvalue weighted by atomic mass is 127. The van der Waals surface area contributed by atoms with Crippen LogP contribution in [0.3, 0.4) is 0 Å². The lowest BCUT2D eigenvalue weighted by Gasteiger charge is -2.04. The number of hydrogen-bond donors (Lipinski definition) is 1. The summed E-state index contributed by atoms with van der Waals surface area (Å²) in [6, 6.07) is 13.3. The minimum absolute atomic E-state index is 0.140. The summed E-state index contributed by atoms with van der Waals surface area (Å²) in [5.41, 5.74) is 1.52. The van der Waals surface area contributed by atoms with E-state index in [4.69, 9.17) is 4.74 Å². The van der Waals surface area contributed by atoms with Crippen LogP contribution in [0.4, 0.5) is 5.13 Å². The summed E-state index contributed by atoms with van der Waals surface area (Å²) in [4.78, 5) is 16.9. The fraction of sp³-hybridized carbons (Fsp3) is 0.222. The van der Waals surface area contributed by atoms with Gasteiger partial charge in [0.15, 0.2) is 5.13 Å². The van der Waals surface area contributed by atoms with E-state index < -0.39 is 0 Å². The Morgan fingerprint density at radius 1 is 1.29 bits per heavy atom. The molecular weight excluding hydrogens is 435 g/mol. The van der Waals surface area contributed by atoms with Gasteiger partial charge >= 0.3 is 0 Å². The van der Waals surface area contributed by atoms with Crippen LogP contribution in [-0.4, -0.2) is 17.5 Å². The van der Waals surface area contributed by atoms with Crippen molar-refractivity contribution in [3.63, 3.8) is 0 Å². The number of hydrogen-bond acceptors (Lipinski definition) is 4. The summed E-state index contributed by atoms with van der Waals surface area (Å²) in [6.07, 6.45) is 2.15. The van der Waals surface area contributed by atoms with Crippen molar-refractivity contribution in [1.29, 1.82) is 0 Å². The summed E-state index contributed by atoms with van der Waals surface area (Å²) in [5, 5.41) is 3.48. The van der Waals surface area contributed by atoms with Crippen LogP contribution in [0, 0.1) is 3.57 Å². The van der Waals surface area contributed by atoms with Gasteiger partial charge in [0.1, 0.15) is 5.75 Å². The minimum Gasteiger partial charge on any atom is -0.494 e. The first-order valence-electron chi connectivity index (χ1n) is 7.76. The van der Waals surface area contributed by atoms with Crippen molar-refractivity contribution in [3.05, 3.63) is 51.6 Å². The van der Waals surface area contributed by atoms with Crippen LogP contribution in [0.25, 0.3) is 10.2 Å². The van der Waals surface area contributed by atoms with Gasteiger partial charge in [-0.05, 0) is 59.3 Å². The highest BCUT2D eigenvalue weighted by molar-refractivity contribution is 14.1. The molecule has 0 fully saturated rings. The molecule has 2 aromatic carbocycles. The number of amides is 1. The molecule has 0 aliphatic heterocycles. The highest BCUT2D eigenvalue weighted by Gasteiger charge is 2.12. The summed E-state index contributed by atoms with van der Waals surface area (Å²) < 4.78 is 7.64. The lowest BCUT2D eigenvalue weighted by Crippen LogP contribution is -2.12. The molecule has 0 atom stereocenters. The number of nitrogens with one attached hydrogen (secondary N) is 1. The standard InChI is InChI=1S/C18H17IN2O2S/c1-2-3-10-23-12-8-9-15-16(11-12)24-18(20-15)21-17(22)13-6-4-5-7-14(13)19/h4-9,11H,2-3,10H2,1H3,(H,20,21,22). The van der Waals surface area contributed by atoms with Gasteiger partial charge in [0.25, 0.3) is 5.91 Å². The number of halogens is 1. The molecule has 4 nitrogen and oxygen atoms in total. The normalized spacial score (nSPS) is 10.8. The van der Waals surface area contributed by atoms with Gasteiger partial charge in [0.05, 0.1) is 22.4 Å². The number of anilines is 1. The summed E-state index contributed by atoms with van der Waals surface area (Å²) in [7, 11) is 0. The highest BCUT2D eigenvalue weighted by Crippen LogP contribution is 2.29. The number of fused-ring (bicyclic) bond motifs is 1. The van der Waals surface area contributed by atoms with E-state index in [0.717, 1.165) is 39.0 Å². The van der Waals surface area contributed by atoms with Crippen molar-refractivity contribution in [1.82, 2.24) is 4.98 Å². The molecule has 0 aliphatic carbocycles. The largest absolute Gasteiger partial charge is 0.494 e. The van der Waals surface area contributed by atoms with Gasteiger partial charge in [0, 0.05) is 3.57 Å². The number of benzene rings is 2. The fourth-order valence-corrected chi connectivity index (χ4v) is 3.71. The lowest BCUT2D eigenvalue weighted by atomic mass is 10.2. The molecule has 3 rings (SSSR count). The molecule has 1 amide bonds. The van der Waals surface area contributed by atoms with Gasteiger partial charge in [-0.15, -0.1) is 0 Å². The second-order valence-electron chi connectivity index (χ2n) is 5.28. The third-order valence-electron chi connectivity index (χ3n) is 3.47. The minimum atomic E-state index is -0.140. The Bertz CT molecular complexity index is 863. The number of rotatable bonds is 6. The van der Waals surface area contributed by atoms with Crippen LogP contribution in [0.5, 0.6) is 5.75 Å². The quantitative estimate of drug-likeness (QED) is 0.406. The van der Waals surface area contributed by atoms with E-state index in [0.29, 0.717) is 10.7 Å². The Morgan fingerprint density at radius 3 is 2.92 bits per heavy atom. The molecule has 0 unspecified atom stereocenters. The molecule has 0 saturated carbocycles. The van der Waals surface area contributed by atoms with Crippen molar-refractivity contribution in [2.45, 2.75) is 19.8 Å². The number of carbonyl (C=O) groups is 1. The van der Waals surface area contributed by atoms with Crippen molar-refractivity contribution in [2.24, 2.45) is 0 Å². The number of aromatic nitrogens is 1. The van der Waals surface area contributed by atoms with Crippen LogP contribution in [0.15, 0.2) is 42.5 Å². The van der Waals surface area contributed by atoms with Gasteiger partial charge in [0.2, 0.25) is 0 Å². The Morgan fingerprint density at radius 2 is 2.12 bits per heavy atom. The first-order chi connectivity index (χ1) is 11.7. The van der Waals surface area contributed by atoms with Gasteiger partial charge < -0.3 is 4.74 Å². The third-order valence-corrected chi connectivity index (χ3v) is 5.34. The summed E-state index contributed by atoms with van der Waals surface area (Å²) in [5.74, 6) is 0.702. The van der Waals surface area contributed by atoms with E-state index in [-0.39, 0.29) is 5.91 Å². The predicted molar refractivity (Wildman–Crippen MR) is 107 cm³/mol.